The van der Waals surface area contributed by atoms with E-state index in [2.05, 4.69) is 15.0 Å². The lowest BCUT2D eigenvalue weighted by Gasteiger charge is -2.21. The van der Waals surface area contributed by atoms with Gasteiger partial charge < -0.3 is 0 Å². The molecule has 0 N–H and O–H groups in total. The van der Waals surface area contributed by atoms with Crippen molar-refractivity contribution in [2.24, 2.45) is 0 Å². The Labute approximate surface area is 142 Å². The van der Waals surface area contributed by atoms with Gasteiger partial charge in [-0.25, -0.2) is 4.68 Å². The minimum absolute atomic E-state index is 0.616. The molecular formula is C20H35N3. The van der Waals surface area contributed by atoms with Crippen LogP contribution in [0.25, 0.3) is 0 Å². The summed E-state index contributed by atoms with van der Waals surface area (Å²) in [7, 11) is 0. The third-order valence-corrected chi connectivity index (χ3v) is 5.87. The summed E-state index contributed by atoms with van der Waals surface area (Å²) < 4.78 is 2.37. The van der Waals surface area contributed by atoms with Gasteiger partial charge in [-0.05, 0) is 38.5 Å². The summed E-state index contributed by atoms with van der Waals surface area (Å²) in [4.78, 5) is 0. The topological polar surface area (TPSA) is 30.7 Å². The zero-order valence-corrected chi connectivity index (χ0v) is 14.9. The molecule has 3 heteroatoms. The first-order valence-electron chi connectivity index (χ1n) is 10.4. The zero-order chi connectivity index (χ0) is 15.7. The molecule has 0 unspecified atom stereocenters. The van der Waals surface area contributed by atoms with E-state index in [0.717, 1.165) is 6.42 Å². The van der Waals surface area contributed by atoms with Crippen LogP contribution in [0.3, 0.4) is 0 Å². The van der Waals surface area contributed by atoms with E-state index in [1.165, 1.54) is 114 Å². The van der Waals surface area contributed by atoms with Crippen molar-refractivity contribution in [1.82, 2.24) is 15.0 Å². The van der Waals surface area contributed by atoms with E-state index in [1.54, 1.807) is 0 Å². The van der Waals surface area contributed by atoms with Gasteiger partial charge in [0.1, 0.15) is 0 Å². The second kappa shape index (κ2) is 9.44. The summed E-state index contributed by atoms with van der Waals surface area (Å²) in [6.07, 6.45) is 23.2. The van der Waals surface area contributed by atoms with E-state index in [1.807, 2.05) is 0 Å². The van der Waals surface area contributed by atoms with Crippen molar-refractivity contribution in [3.8, 4) is 0 Å². The number of hydrogen-bond donors (Lipinski definition) is 0. The molecule has 0 aromatic carbocycles. The predicted molar refractivity (Wildman–Crippen MR) is 95.7 cm³/mol. The highest BCUT2D eigenvalue weighted by molar-refractivity contribution is 5.12. The summed E-state index contributed by atoms with van der Waals surface area (Å²) in [5, 5.41) is 9.22. The van der Waals surface area contributed by atoms with Gasteiger partial charge in [0.15, 0.2) is 0 Å². The molecule has 2 aliphatic carbocycles. The Hall–Kier alpha value is -0.860. The van der Waals surface area contributed by atoms with Crippen LogP contribution < -0.4 is 0 Å². The third-order valence-electron chi connectivity index (χ3n) is 5.87. The lowest BCUT2D eigenvalue weighted by molar-refractivity contribution is 0.346. The first-order chi connectivity index (χ1) is 11.4. The monoisotopic (exact) mass is 317 g/mol. The summed E-state index contributed by atoms with van der Waals surface area (Å²) >= 11 is 0. The molecule has 1 saturated carbocycles. The molecule has 130 valence electrons. The maximum Gasteiger partial charge on any atom is 0.0859 e. The lowest BCUT2D eigenvalue weighted by atomic mass is 9.96. The smallest absolute Gasteiger partial charge is 0.0859 e. The molecule has 2 aliphatic rings. The molecule has 1 fully saturated rings. The summed E-state index contributed by atoms with van der Waals surface area (Å²) in [6.45, 7) is 0. The molecule has 0 bridgehead atoms. The average Bonchev–Trinajstić information content (AvgIpc) is 2.89. The fourth-order valence-electron chi connectivity index (χ4n) is 4.42. The molecule has 23 heavy (non-hydrogen) atoms. The normalized spacial score (nSPS) is 23.1. The van der Waals surface area contributed by atoms with Crippen LogP contribution in [0.4, 0.5) is 0 Å². The molecule has 0 amide bonds. The highest BCUT2D eigenvalue weighted by atomic mass is 15.4. The van der Waals surface area contributed by atoms with Gasteiger partial charge in [-0.2, -0.15) is 0 Å². The molecule has 1 heterocycles. The van der Waals surface area contributed by atoms with Crippen molar-refractivity contribution in [2.45, 2.75) is 115 Å². The van der Waals surface area contributed by atoms with Gasteiger partial charge in [-0.15, -0.1) is 5.10 Å². The van der Waals surface area contributed by atoms with Crippen LogP contribution in [0, 0.1) is 0 Å². The van der Waals surface area contributed by atoms with Gasteiger partial charge in [-0.1, -0.05) is 75.8 Å². The Morgan fingerprint density at radius 3 is 1.78 bits per heavy atom. The summed E-state index contributed by atoms with van der Waals surface area (Å²) in [5.74, 6) is 0. The Morgan fingerprint density at radius 2 is 1.13 bits per heavy atom. The van der Waals surface area contributed by atoms with Crippen molar-refractivity contribution in [3.63, 3.8) is 0 Å². The fourth-order valence-corrected chi connectivity index (χ4v) is 4.42. The third kappa shape index (κ3) is 5.06. The molecule has 0 aliphatic heterocycles. The number of aromatic nitrogens is 3. The molecule has 3 nitrogen and oxygen atoms in total. The lowest BCUT2D eigenvalue weighted by Crippen LogP contribution is -2.15. The quantitative estimate of drug-likeness (QED) is 0.657. The molecule has 1 aromatic heterocycles. The molecular weight excluding hydrogens is 282 g/mol. The Kier molecular flexibility index (Phi) is 6.97. The van der Waals surface area contributed by atoms with Gasteiger partial charge in [0.05, 0.1) is 17.4 Å². The van der Waals surface area contributed by atoms with Crippen molar-refractivity contribution >= 4 is 0 Å². The molecule has 0 saturated heterocycles. The highest BCUT2D eigenvalue weighted by Gasteiger charge is 2.20. The van der Waals surface area contributed by atoms with Crippen LogP contribution >= 0.6 is 0 Å². The number of hydrogen-bond acceptors (Lipinski definition) is 2. The minimum atomic E-state index is 0.616. The van der Waals surface area contributed by atoms with Gasteiger partial charge in [0.25, 0.3) is 0 Å². The summed E-state index contributed by atoms with van der Waals surface area (Å²) in [5.41, 5.74) is 2.80. The molecule has 3 rings (SSSR count). The molecule has 1 aromatic rings. The van der Waals surface area contributed by atoms with Crippen molar-refractivity contribution < 1.29 is 0 Å². The summed E-state index contributed by atoms with van der Waals surface area (Å²) in [6, 6.07) is 0.616. The first-order valence-corrected chi connectivity index (χ1v) is 10.4. The van der Waals surface area contributed by atoms with Crippen molar-refractivity contribution in [3.05, 3.63) is 11.4 Å². The second-order valence-corrected chi connectivity index (χ2v) is 7.75. The van der Waals surface area contributed by atoms with Gasteiger partial charge >= 0.3 is 0 Å². The zero-order valence-electron chi connectivity index (χ0n) is 14.9. The highest BCUT2D eigenvalue weighted by Crippen LogP contribution is 2.28. The number of aryl methyl sites for hydroxylation is 1. The average molecular weight is 318 g/mol. The minimum Gasteiger partial charge on any atom is -0.246 e. The van der Waals surface area contributed by atoms with Crippen LogP contribution in [0.5, 0.6) is 0 Å². The SMILES string of the molecule is C1CCCCCC(n2nnc3c2CCCCCC3)CCCCC1. The van der Waals surface area contributed by atoms with Crippen LogP contribution in [0.2, 0.25) is 0 Å². The Morgan fingerprint density at radius 1 is 0.609 bits per heavy atom. The molecule has 0 atom stereocenters. The molecule has 0 spiro atoms. The molecule has 0 radical (unpaired) electrons. The number of rotatable bonds is 1. The van der Waals surface area contributed by atoms with Gasteiger partial charge in [0, 0.05) is 0 Å². The van der Waals surface area contributed by atoms with Crippen LogP contribution in [-0.4, -0.2) is 15.0 Å². The van der Waals surface area contributed by atoms with Crippen molar-refractivity contribution in [2.75, 3.05) is 0 Å². The predicted octanol–water partition coefficient (Wildman–Crippen LogP) is 5.78. The maximum atomic E-state index is 4.64. The Balaban J connectivity index is 1.68. The van der Waals surface area contributed by atoms with Crippen molar-refractivity contribution in [1.29, 1.82) is 0 Å². The number of fused-ring (bicyclic) bond motifs is 1. The van der Waals surface area contributed by atoms with Crippen LogP contribution in [-0.2, 0) is 12.8 Å². The Bertz CT molecular complexity index is 440. The van der Waals surface area contributed by atoms with Gasteiger partial charge in [-0.3, -0.25) is 0 Å². The largest absolute Gasteiger partial charge is 0.246 e. The van der Waals surface area contributed by atoms with E-state index in [9.17, 15) is 0 Å². The second-order valence-electron chi connectivity index (χ2n) is 7.75. The standard InChI is InChI=1S/C20H35N3/c1-2-4-6-10-14-18(15-11-7-5-3-1)23-20-17-13-9-8-12-16-19(20)21-22-23/h18H,1-17H2. The fraction of sp³-hybridized carbons (Fsp3) is 0.900. The first kappa shape index (κ1) is 17.0. The van der Waals surface area contributed by atoms with Crippen LogP contribution in [0.1, 0.15) is 114 Å². The van der Waals surface area contributed by atoms with Crippen LogP contribution in [0.15, 0.2) is 0 Å². The van der Waals surface area contributed by atoms with E-state index in [-0.39, 0.29) is 0 Å². The van der Waals surface area contributed by atoms with E-state index in [4.69, 9.17) is 0 Å². The number of nitrogens with zero attached hydrogens (tertiary/aromatic N) is 3. The van der Waals surface area contributed by atoms with E-state index >= 15 is 0 Å². The van der Waals surface area contributed by atoms with Gasteiger partial charge in [0.2, 0.25) is 0 Å². The van der Waals surface area contributed by atoms with E-state index in [0.29, 0.717) is 6.04 Å². The van der Waals surface area contributed by atoms with E-state index < -0.39 is 0 Å². The maximum absolute atomic E-state index is 4.64.